The van der Waals surface area contributed by atoms with Crippen LogP contribution in [0.5, 0.6) is 0 Å². The predicted octanol–water partition coefficient (Wildman–Crippen LogP) is 3.18. The van der Waals surface area contributed by atoms with Crippen LogP contribution < -0.4 is 4.72 Å². The Kier molecular flexibility index (Phi) is 4.79. The Morgan fingerprint density at radius 3 is 2.62 bits per heavy atom. The summed E-state index contributed by atoms with van der Waals surface area (Å²) in [6.45, 7) is 3.74. The molecule has 1 aromatic carbocycles. The molecule has 0 aliphatic rings. The van der Waals surface area contributed by atoms with E-state index in [1.165, 1.54) is 12.1 Å². The average Bonchev–Trinajstić information content (AvgIpc) is 2.21. The summed E-state index contributed by atoms with van der Waals surface area (Å²) >= 11 is 9.00. The van der Waals surface area contributed by atoms with E-state index in [0.29, 0.717) is 9.50 Å². The number of benzene rings is 1. The zero-order chi connectivity index (χ0) is 12.3. The molecule has 0 aromatic heterocycles. The van der Waals surface area contributed by atoms with Crippen molar-refractivity contribution in [1.29, 1.82) is 0 Å². The molecule has 0 saturated carbocycles. The third kappa shape index (κ3) is 3.45. The van der Waals surface area contributed by atoms with Crippen molar-refractivity contribution in [1.82, 2.24) is 4.72 Å². The van der Waals surface area contributed by atoms with Crippen molar-refractivity contribution in [2.45, 2.75) is 31.2 Å². The van der Waals surface area contributed by atoms with Crippen LogP contribution in [0.15, 0.2) is 27.6 Å². The van der Waals surface area contributed by atoms with Crippen LogP contribution in [0.1, 0.15) is 20.3 Å². The normalized spacial score (nSPS) is 13.8. The van der Waals surface area contributed by atoms with Crippen LogP contribution in [-0.2, 0) is 10.0 Å². The molecule has 0 fully saturated rings. The molecule has 6 heteroatoms. The molecule has 0 aliphatic heterocycles. The standard InChI is InChI=1S/C10H13BrClNO2S/c1-3-7(2)13-16(14,15)8-4-5-10(12)9(11)6-8/h4-7,13H,3H2,1-2H3. The zero-order valence-electron chi connectivity index (χ0n) is 9.00. The van der Waals surface area contributed by atoms with Crippen LogP contribution in [0.25, 0.3) is 0 Å². The minimum absolute atomic E-state index is 0.0838. The molecule has 0 radical (unpaired) electrons. The van der Waals surface area contributed by atoms with Gasteiger partial charge in [0.15, 0.2) is 0 Å². The van der Waals surface area contributed by atoms with E-state index in [-0.39, 0.29) is 10.9 Å². The first-order valence-corrected chi connectivity index (χ1v) is 7.49. The molecule has 16 heavy (non-hydrogen) atoms. The maximum atomic E-state index is 11.9. The van der Waals surface area contributed by atoms with E-state index >= 15 is 0 Å². The van der Waals surface area contributed by atoms with Crippen LogP contribution in [0, 0.1) is 0 Å². The van der Waals surface area contributed by atoms with Crippen molar-refractivity contribution >= 4 is 37.6 Å². The first-order chi connectivity index (χ1) is 7.36. The van der Waals surface area contributed by atoms with Crippen molar-refractivity contribution in [2.75, 3.05) is 0 Å². The molecule has 1 N–H and O–H groups in total. The van der Waals surface area contributed by atoms with Gasteiger partial charge in [-0.2, -0.15) is 0 Å². The largest absolute Gasteiger partial charge is 0.240 e. The second kappa shape index (κ2) is 5.49. The van der Waals surface area contributed by atoms with Gasteiger partial charge in [-0.05, 0) is 47.5 Å². The van der Waals surface area contributed by atoms with Gasteiger partial charge in [0.05, 0.1) is 9.92 Å². The van der Waals surface area contributed by atoms with Crippen LogP contribution in [0.3, 0.4) is 0 Å². The van der Waals surface area contributed by atoms with Gasteiger partial charge < -0.3 is 0 Å². The summed E-state index contributed by atoms with van der Waals surface area (Å²) in [5.41, 5.74) is 0. The summed E-state index contributed by atoms with van der Waals surface area (Å²) in [4.78, 5) is 0.212. The monoisotopic (exact) mass is 325 g/mol. The van der Waals surface area contributed by atoms with Gasteiger partial charge in [-0.15, -0.1) is 0 Å². The number of halogens is 2. The molecule has 1 rings (SSSR count). The first kappa shape index (κ1) is 14.0. The quantitative estimate of drug-likeness (QED) is 0.923. The van der Waals surface area contributed by atoms with Crippen molar-refractivity contribution in [3.63, 3.8) is 0 Å². The van der Waals surface area contributed by atoms with Gasteiger partial charge in [0, 0.05) is 10.5 Å². The van der Waals surface area contributed by atoms with E-state index in [9.17, 15) is 8.42 Å². The average molecular weight is 327 g/mol. The smallest absolute Gasteiger partial charge is 0.208 e. The predicted molar refractivity (Wildman–Crippen MR) is 69.2 cm³/mol. The Balaban J connectivity index is 3.03. The molecule has 0 heterocycles. The molecule has 1 unspecified atom stereocenters. The fourth-order valence-corrected chi connectivity index (χ4v) is 3.06. The van der Waals surface area contributed by atoms with Crippen LogP contribution in [0.4, 0.5) is 0 Å². The highest BCUT2D eigenvalue weighted by atomic mass is 79.9. The van der Waals surface area contributed by atoms with Gasteiger partial charge in [0.1, 0.15) is 0 Å². The fraction of sp³-hybridized carbons (Fsp3) is 0.400. The Morgan fingerprint density at radius 2 is 2.12 bits per heavy atom. The van der Waals surface area contributed by atoms with E-state index in [2.05, 4.69) is 20.7 Å². The number of hydrogen-bond acceptors (Lipinski definition) is 2. The Morgan fingerprint density at radius 1 is 1.50 bits per heavy atom. The molecule has 0 amide bonds. The molecule has 90 valence electrons. The third-order valence-electron chi connectivity index (χ3n) is 2.17. The fourth-order valence-electron chi connectivity index (χ4n) is 1.06. The lowest BCUT2D eigenvalue weighted by Gasteiger charge is -2.12. The van der Waals surface area contributed by atoms with E-state index in [0.717, 1.165) is 6.42 Å². The second-order valence-corrected chi connectivity index (χ2v) is 6.48. The van der Waals surface area contributed by atoms with E-state index in [1.54, 1.807) is 6.07 Å². The molecular formula is C10H13BrClNO2S. The summed E-state index contributed by atoms with van der Waals surface area (Å²) in [7, 11) is -3.45. The lowest BCUT2D eigenvalue weighted by atomic mass is 10.3. The number of nitrogens with one attached hydrogen (secondary N) is 1. The van der Waals surface area contributed by atoms with Crippen molar-refractivity contribution in [2.24, 2.45) is 0 Å². The molecule has 0 aliphatic carbocycles. The molecule has 0 spiro atoms. The highest BCUT2D eigenvalue weighted by molar-refractivity contribution is 9.10. The van der Waals surface area contributed by atoms with Gasteiger partial charge in [-0.25, -0.2) is 13.1 Å². The minimum Gasteiger partial charge on any atom is -0.208 e. The van der Waals surface area contributed by atoms with E-state index in [1.807, 2.05) is 13.8 Å². The highest BCUT2D eigenvalue weighted by Gasteiger charge is 2.17. The van der Waals surface area contributed by atoms with Gasteiger partial charge >= 0.3 is 0 Å². The lowest BCUT2D eigenvalue weighted by Crippen LogP contribution is -2.31. The second-order valence-electron chi connectivity index (χ2n) is 3.51. The van der Waals surface area contributed by atoms with Gasteiger partial charge in [-0.3, -0.25) is 0 Å². The Labute approximate surface area is 109 Å². The Hall–Kier alpha value is -0.100. The number of rotatable bonds is 4. The Bertz CT molecular complexity index is 476. The number of sulfonamides is 1. The topological polar surface area (TPSA) is 46.2 Å². The van der Waals surface area contributed by atoms with Crippen molar-refractivity contribution in [3.05, 3.63) is 27.7 Å². The first-order valence-electron chi connectivity index (χ1n) is 4.84. The minimum atomic E-state index is -3.45. The maximum absolute atomic E-state index is 11.9. The highest BCUT2D eigenvalue weighted by Crippen LogP contribution is 2.25. The third-order valence-corrected chi connectivity index (χ3v) is 4.97. The summed E-state index contributed by atoms with van der Waals surface area (Å²) in [5.74, 6) is 0. The summed E-state index contributed by atoms with van der Waals surface area (Å²) in [6, 6.07) is 4.45. The van der Waals surface area contributed by atoms with Gasteiger partial charge in [0.2, 0.25) is 10.0 Å². The van der Waals surface area contributed by atoms with Crippen molar-refractivity contribution < 1.29 is 8.42 Å². The van der Waals surface area contributed by atoms with Crippen molar-refractivity contribution in [3.8, 4) is 0 Å². The maximum Gasteiger partial charge on any atom is 0.240 e. The molecule has 0 saturated heterocycles. The van der Waals surface area contributed by atoms with Gasteiger partial charge in [-0.1, -0.05) is 18.5 Å². The molecule has 3 nitrogen and oxygen atoms in total. The lowest BCUT2D eigenvalue weighted by molar-refractivity contribution is 0.556. The summed E-state index contributed by atoms with van der Waals surface area (Å²) < 4.78 is 26.9. The van der Waals surface area contributed by atoms with Crippen LogP contribution in [-0.4, -0.2) is 14.5 Å². The molecule has 1 aromatic rings. The summed E-state index contributed by atoms with van der Waals surface area (Å²) in [6.07, 6.45) is 0.744. The van der Waals surface area contributed by atoms with Crippen LogP contribution >= 0.6 is 27.5 Å². The van der Waals surface area contributed by atoms with Gasteiger partial charge in [0.25, 0.3) is 0 Å². The summed E-state index contributed by atoms with van der Waals surface area (Å²) in [5, 5.41) is 0.488. The SMILES string of the molecule is CCC(C)NS(=O)(=O)c1ccc(Cl)c(Br)c1. The zero-order valence-corrected chi connectivity index (χ0v) is 12.2. The molecule has 0 bridgehead atoms. The number of hydrogen-bond donors (Lipinski definition) is 1. The van der Waals surface area contributed by atoms with E-state index < -0.39 is 10.0 Å². The van der Waals surface area contributed by atoms with Crippen LogP contribution in [0.2, 0.25) is 5.02 Å². The van der Waals surface area contributed by atoms with E-state index in [4.69, 9.17) is 11.6 Å². The molecular weight excluding hydrogens is 314 g/mol. The molecule has 1 atom stereocenters.